The molecule has 0 bridgehead atoms. The van der Waals surface area contributed by atoms with Crippen LogP contribution in [-0.4, -0.2) is 16.3 Å². The van der Waals surface area contributed by atoms with Gasteiger partial charge in [-0.1, -0.05) is 25.8 Å². The van der Waals surface area contributed by atoms with Gasteiger partial charge in [-0.2, -0.15) is 0 Å². The first-order valence-electron chi connectivity index (χ1n) is 3.71. The average molecular weight is 160 g/mol. The molecular formula is C8H16OS. The zero-order chi connectivity index (χ0) is 7.82. The van der Waals surface area contributed by atoms with E-state index in [0.29, 0.717) is 0 Å². The lowest BCUT2D eigenvalue weighted by molar-refractivity contribution is 0.249. The molecule has 0 saturated heterocycles. The van der Waals surface area contributed by atoms with Gasteiger partial charge in [0.25, 0.3) is 0 Å². The van der Waals surface area contributed by atoms with Crippen molar-refractivity contribution in [3.63, 3.8) is 0 Å². The fraction of sp³-hybridized carbons (Fsp3) is 0.750. The number of unbranched alkanes of at least 4 members (excludes halogenated alkanes) is 1. The topological polar surface area (TPSA) is 20.2 Å². The van der Waals surface area contributed by atoms with E-state index in [1.54, 1.807) is 11.8 Å². The lowest BCUT2D eigenvalue weighted by atomic mass is 10.3. The van der Waals surface area contributed by atoms with Crippen LogP contribution in [0.2, 0.25) is 0 Å². The second-order valence-electron chi connectivity index (χ2n) is 2.22. The largest absolute Gasteiger partial charge is 0.382 e. The minimum atomic E-state index is -0.182. The standard InChI is InChI=1S/C8H16OS/c1-3-5-6-8(9)10-7-4-2/h4,8-9H,2-3,5-7H2,1H3. The van der Waals surface area contributed by atoms with Gasteiger partial charge < -0.3 is 5.11 Å². The molecule has 2 heteroatoms. The van der Waals surface area contributed by atoms with E-state index in [-0.39, 0.29) is 5.44 Å². The zero-order valence-corrected chi connectivity index (χ0v) is 7.36. The van der Waals surface area contributed by atoms with Gasteiger partial charge in [0.1, 0.15) is 0 Å². The van der Waals surface area contributed by atoms with Crippen LogP contribution in [0.3, 0.4) is 0 Å². The van der Waals surface area contributed by atoms with Crippen LogP contribution < -0.4 is 0 Å². The fourth-order valence-electron chi connectivity index (χ4n) is 0.641. The Balaban J connectivity index is 3.07. The van der Waals surface area contributed by atoms with Crippen molar-refractivity contribution < 1.29 is 5.11 Å². The second-order valence-corrected chi connectivity index (χ2v) is 3.43. The molecule has 0 spiro atoms. The number of rotatable bonds is 6. The van der Waals surface area contributed by atoms with Crippen molar-refractivity contribution in [3.8, 4) is 0 Å². The molecule has 0 aromatic heterocycles. The van der Waals surface area contributed by atoms with Gasteiger partial charge in [0.2, 0.25) is 0 Å². The maximum atomic E-state index is 9.23. The Hall–Kier alpha value is 0.0500. The Morgan fingerprint density at radius 3 is 2.90 bits per heavy atom. The van der Waals surface area contributed by atoms with Crippen LogP contribution in [0.15, 0.2) is 12.7 Å². The van der Waals surface area contributed by atoms with Gasteiger partial charge in [0.05, 0.1) is 5.44 Å². The molecule has 1 nitrogen and oxygen atoms in total. The highest BCUT2D eigenvalue weighted by atomic mass is 32.2. The zero-order valence-electron chi connectivity index (χ0n) is 6.55. The van der Waals surface area contributed by atoms with Gasteiger partial charge in [-0.05, 0) is 6.42 Å². The highest BCUT2D eigenvalue weighted by molar-refractivity contribution is 7.99. The molecule has 10 heavy (non-hydrogen) atoms. The Kier molecular flexibility index (Phi) is 7.20. The number of aliphatic hydroxyl groups is 1. The predicted molar refractivity (Wildman–Crippen MR) is 48.2 cm³/mol. The molecule has 0 radical (unpaired) electrons. The lowest BCUT2D eigenvalue weighted by Gasteiger charge is -2.06. The van der Waals surface area contributed by atoms with Crippen molar-refractivity contribution in [2.45, 2.75) is 31.6 Å². The smallest absolute Gasteiger partial charge is 0.0995 e. The van der Waals surface area contributed by atoms with Crippen molar-refractivity contribution in [2.75, 3.05) is 5.75 Å². The van der Waals surface area contributed by atoms with E-state index in [2.05, 4.69) is 13.5 Å². The molecule has 60 valence electrons. The second kappa shape index (κ2) is 7.16. The molecule has 0 aromatic rings. The summed E-state index contributed by atoms with van der Waals surface area (Å²) in [5.41, 5.74) is -0.182. The molecule has 0 aliphatic heterocycles. The molecule has 0 aliphatic rings. The van der Waals surface area contributed by atoms with Crippen molar-refractivity contribution >= 4 is 11.8 Å². The minimum absolute atomic E-state index is 0.182. The van der Waals surface area contributed by atoms with E-state index in [0.717, 1.165) is 25.0 Å². The molecule has 0 fully saturated rings. The lowest BCUT2D eigenvalue weighted by Crippen LogP contribution is -2.00. The Bertz CT molecular complexity index is 83.3. The maximum absolute atomic E-state index is 9.23. The van der Waals surface area contributed by atoms with Crippen LogP contribution in [-0.2, 0) is 0 Å². The van der Waals surface area contributed by atoms with Gasteiger partial charge in [0, 0.05) is 5.75 Å². The number of thioether (sulfide) groups is 1. The molecule has 0 rings (SSSR count). The average Bonchev–Trinajstić information content (AvgIpc) is 1.97. The summed E-state index contributed by atoms with van der Waals surface area (Å²) in [6.45, 7) is 5.71. The number of aliphatic hydroxyl groups excluding tert-OH is 1. The molecule has 1 atom stereocenters. The first-order chi connectivity index (χ1) is 4.81. The Morgan fingerprint density at radius 2 is 2.40 bits per heavy atom. The summed E-state index contributed by atoms with van der Waals surface area (Å²) in [6.07, 6.45) is 5.01. The van der Waals surface area contributed by atoms with Gasteiger partial charge in [-0.3, -0.25) is 0 Å². The summed E-state index contributed by atoms with van der Waals surface area (Å²) >= 11 is 1.55. The van der Waals surface area contributed by atoms with Crippen LogP contribution in [0.4, 0.5) is 0 Å². The summed E-state index contributed by atoms with van der Waals surface area (Å²) in [4.78, 5) is 0. The van der Waals surface area contributed by atoms with E-state index < -0.39 is 0 Å². The minimum Gasteiger partial charge on any atom is -0.382 e. The van der Waals surface area contributed by atoms with Gasteiger partial charge in [0.15, 0.2) is 0 Å². The van der Waals surface area contributed by atoms with Crippen LogP contribution in [0.25, 0.3) is 0 Å². The molecule has 0 amide bonds. The van der Waals surface area contributed by atoms with E-state index >= 15 is 0 Å². The van der Waals surface area contributed by atoms with Gasteiger partial charge >= 0.3 is 0 Å². The summed E-state index contributed by atoms with van der Waals surface area (Å²) < 4.78 is 0. The van der Waals surface area contributed by atoms with Crippen LogP contribution in [0, 0.1) is 0 Å². The molecule has 0 saturated carbocycles. The highest BCUT2D eigenvalue weighted by Crippen LogP contribution is 2.13. The van der Waals surface area contributed by atoms with Crippen molar-refractivity contribution in [1.82, 2.24) is 0 Å². The van der Waals surface area contributed by atoms with E-state index in [1.165, 1.54) is 0 Å². The monoisotopic (exact) mass is 160 g/mol. The summed E-state index contributed by atoms with van der Waals surface area (Å²) in [5.74, 6) is 0.852. The first kappa shape index (κ1) is 10.0. The van der Waals surface area contributed by atoms with E-state index in [9.17, 15) is 5.11 Å². The Labute approximate surface area is 67.5 Å². The van der Waals surface area contributed by atoms with Crippen LogP contribution in [0.1, 0.15) is 26.2 Å². The van der Waals surface area contributed by atoms with Gasteiger partial charge in [-0.25, -0.2) is 0 Å². The predicted octanol–water partition coefficient (Wildman–Crippen LogP) is 2.41. The number of hydrogen-bond acceptors (Lipinski definition) is 2. The number of hydrogen-bond donors (Lipinski definition) is 1. The molecule has 0 aliphatic carbocycles. The summed E-state index contributed by atoms with van der Waals surface area (Å²) in [5, 5.41) is 9.23. The SMILES string of the molecule is C=CCSC(O)CCCC. The van der Waals surface area contributed by atoms with E-state index in [4.69, 9.17) is 0 Å². The van der Waals surface area contributed by atoms with Crippen LogP contribution in [0.5, 0.6) is 0 Å². The van der Waals surface area contributed by atoms with E-state index in [1.807, 2.05) is 6.08 Å². The van der Waals surface area contributed by atoms with Crippen molar-refractivity contribution in [1.29, 1.82) is 0 Å². The third kappa shape index (κ3) is 6.17. The molecule has 1 unspecified atom stereocenters. The summed E-state index contributed by atoms with van der Waals surface area (Å²) in [6, 6.07) is 0. The highest BCUT2D eigenvalue weighted by Gasteiger charge is 2.00. The van der Waals surface area contributed by atoms with Gasteiger partial charge in [-0.15, -0.1) is 18.3 Å². The van der Waals surface area contributed by atoms with Crippen LogP contribution >= 0.6 is 11.8 Å². The first-order valence-corrected chi connectivity index (χ1v) is 4.76. The molecule has 1 N–H and O–H groups in total. The maximum Gasteiger partial charge on any atom is 0.0995 e. The quantitative estimate of drug-likeness (QED) is 0.475. The normalized spacial score (nSPS) is 13.0. The Morgan fingerprint density at radius 1 is 1.70 bits per heavy atom. The molecule has 0 aromatic carbocycles. The third-order valence-electron chi connectivity index (χ3n) is 1.21. The molecular weight excluding hydrogens is 144 g/mol. The summed E-state index contributed by atoms with van der Waals surface area (Å²) in [7, 11) is 0. The van der Waals surface area contributed by atoms with Crippen molar-refractivity contribution in [2.24, 2.45) is 0 Å². The van der Waals surface area contributed by atoms with Crippen molar-refractivity contribution in [3.05, 3.63) is 12.7 Å². The molecule has 0 heterocycles. The fourth-order valence-corrected chi connectivity index (χ4v) is 1.33. The third-order valence-corrected chi connectivity index (χ3v) is 2.26.